The van der Waals surface area contributed by atoms with E-state index >= 15 is 0 Å². The highest BCUT2D eigenvalue weighted by molar-refractivity contribution is 6.19. The molecule has 1 fully saturated rings. The van der Waals surface area contributed by atoms with Crippen LogP contribution in [-0.4, -0.2) is 47.5 Å². The number of amides is 2. The lowest BCUT2D eigenvalue weighted by Crippen LogP contribution is -2.49. The van der Waals surface area contributed by atoms with Crippen molar-refractivity contribution >= 4 is 29.2 Å². The number of nitrogens with zero attached hydrogens (tertiary/aromatic N) is 1. The van der Waals surface area contributed by atoms with Crippen molar-refractivity contribution in [3.8, 4) is 0 Å². The number of likely N-dealkylation sites (tertiary alicyclic amines) is 1. The van der Waals surface area contributed by atoms with E-state index in [1.807, 2.05) is 32.9 Å². The number of rotatable bonds is 7. The lowest BCUT2D eigenvalue weighted by molar-refractivity contribution is -0.132. The molecular weight excluding hydrogens is 364 g/mol. The average Bonchev–Trinajstić information content (AvgIpc) is 2.66. The summed E-state index contributed by atoms with van der Waals surface area (Å²) in [5, 5.41) is 3.03. The van der Waals surface area contributed by atoms with E-state index in [0.29, 0.717) is 18.7 Å². The van der Waals surface area contributed by atoms with Crippen LogP contribution < -0.4 is 5.32 Å². The first-order valence-corrected chi connectivity index (χ1v) is 10.0. The van der Waals surface area contributed by atoms with Crippen LogP contribution in [0.3, 0.4) is 0 Å². The van der Waals surface area contributed by atoms with Crippen molar-refractivity contribution < 1.29 is 14.4 Å². The molecule has 0 radical (unpaired) electrons. The summed E-state index contributed by atoms with van der Waals surface area (Å²) in [6.45, 7) is 6.81. The number of piperidine rings is 1. The van der Waals surface area contributed by atoms with Gasteiger partial charge in [0, 0.05) is 43.4 Å². The monoisotopic (exact) mass is 392 g/mol. The van der Waals surface area contributed by atoms with E-state index in [9.17, 15) is 14.4 Å². The molecule has 0 atom stereocenters. The summed E-state index contributed by atoms with van der Waals surface area (Å²) in [6, 6.07) is 7.48. The molecule has 148 valence electrons. The number of nitrogens with one attached hydrogen (secondary N) is 1. The van der Waals surface area contributed by atoms with E-state index in [4.69, 9.17) is 11.6 Å². The zero-order valence-corrected chi connectivity index (χ0v) is 17.1. The fourth-order valence-electron chi connectivity index (χ4n) is 2.98. The second-order valence-corrected chi connectivity index (χ2v) is 8.20. The number of Topliss-reactive ketones (excluding diaryl/α,β-unsaturated/α-hetero) is 1. The Kier molecular flexibility index (Phi) is 7.42. The maximum atomic E-state index is 12.4. The maximum absolute atomic E-state index is 12.4. The molecule has 2 rings (SSSR count). The van der Waals surface area contributed by atoms with Crippen molar-refractivity contribution in [2.75, 3.05) is 19.0 Å². The molecule has 1 N–H and O–H groups in total. The van der Waals surface area contributed by atoms with Crippen LogP contribution in [0.15, 0.2) is 24.3 Å². The average molecular weight is 393 g/mol. The molecule has 0 unspecified atom stereocenters. The summed E-state index contributed by atoms with van der Waals surface area (Å²) >= 11 is 5.84. The summed E-state index contributed by atoms with van der Waals surface area (Å²) in [6.07, 6.45) is 1.90. The summed E-state index contributed by atoms with van der Waals surface area (Å²) in [5.74, 6) is 0.214. The zero-order chi connectivity index (χ0) is 20.0. The lowest BCUT2D eigenvalue weighted by Gasteiger charge is -2.34. The van der Waals surface area contributed by atoms with E-state index < -0.39 is 5.41 Å². The quantitative estimate of drug-likeness (QED) is 0.571. The molecule has 1 aliphatic rings. The van der Waals surface area contributed by atoms with Crippen LogP contribution in [0, 0.1) is 12.3 Å². The summed E-state index contributed by atoms with van der Waals surface area (Å²) < 4.78 is 0. The van der Waals surface area contributed by atoms with Gasteiger partial charge in [-0.05, 0) is 33.6 Å². The number of benzene rings is 1. The normalized spacial score (nSPS) is 15.5. The second kappa shape index (κ2) is 9.36. The van der Waals surface area contributed by atoms with Gasteiger partial charge >= 0.3 is 0 Å². The predicted octanol–water partition coefficient (Wildman–Crippen LogP) is 3.33. The van der Waals surface area contributed by atoms with E-state index in [2.05, 4.69) is 5.32 Å². The van der Waals surface area contributed by atoms with Crippen molar-refractivity contribution in [1.82, 2.24) is 10.2 Å². The number of hydrogen-bond acceptors (Lipinski definition) is 3. The van der Waals surface area contributed by atoms with E-state index in [-0.39, 0.29) is 42.4 Å². The Balaban J connectivity index is 1.75. The molecule has 0 bridgehead atoms. The number of hydrogen-bond donors (Lipinski definition) is 1. The lowest BCUT2D eigenvalue weighted by atomic mass is 9.93. The molecule has 1 saturated heterocycles. The van der Waals surface area contributed by atoms with Gasteiger partial charge in [-0.2, -0.15) is 0 Å². The Morgan fingerprint density at radius 3 is 2.26 bits per heavy atom. The first kappa shape index (κ1) is 21.4. The van der Waals surface area contributed by atoms with Crippen molar-refractivity contribution in [3.63, 3.8) is 0 Å². The predicted molar refractivity (Wildman–Crippen MR) is 107 cm³/mol. The third-order valence-electron chi connectivity index (χ3n) is 5.07. The van der Waals surface area contributed by atoms with Crippen LogP contribution in [0.4, 0.5) is 0 Å². The number of halogens is 1. The van der Waals surface area contributed by atoms with Crippen LogP contribution in [0.1, 0.15) is 55.5 Å². The van der Waals surface area contributed by atoms with Gasteiger partial charge in [-0.15, -0.1) is 11.6 Å². The van der Waals surface area contributed by atoms with Gasteiger partial charge in [0.1, 0.15) is 0 Å². The van der Waals surface area contributed by atoms with Crippen LogP contribution in [0.25, 0.3) is 0 Å². The Bertz CT molecular complexity index is 677. The molecule has 1 heterocycles. The first-order chi connectivity index (χ1) is 12.7. The first-order valence-electron chi connectivity index (χ1n) is 9.47. The van der Waals surface area contributed by atoms with Gasteiger partial charge in [-0.1, -0.05) is 29.8 Å². The van der Waals surface area contributed by atoms with Crippen LogP contribution in [0.5, 0.6) is 0 Å². The smallest absolute Gasteiger partial charge is 0.227 e. The van der Waals surface area contributed by atoms with Crippen LogP contribution in [0.2, 0.25) is 0 Å². The third-order valence-corrected chi connectivity index (χ3v) is 5.74. The highest BCUT2D eigenvalue weighted by Crippen LogP contribution is 2.19. The molecule has 1 aromatic rings. The summed E-state index contributed by atoms with van der Waals surface area (Å²) in [4.78, 5) is 38.6. The Morgan fingerprint density at radius 1 is 1.11 bits per heavy atom. The summed E-state index contributed by atoms with van der Waals surface area (Å²) in [5.41, 5.74) is 1.16. The number of carbonyl (C=O) groups excluding carboxylic acids is 3. The minimum atomic E-state index is -0.592. The van der Waals surface area contributed by atoms with Gasteiger partial charge in [0.2, 0.25) is 11.8 Å². The van der Waals surface area contributed by atoms with Crippen molar-refractivity contribution in [2.24, 2.45) is 5.41 Å². The second-order valence-electron chi connectivity index (χ2n) is 7.94. The standard InChI is InChI=1S/C21H29ClN2O3/c1-15-4-6-16(7-5-15)18(25)8-9-19(26)24-12-10-17(11-13-24)23-20(27)21(2,3)14-22/h4-7,17H,8-14H2,1-3H3,(H,23,27). The summed E-state index contributed by atoms with van der Waals surface area (Å²) in [7, 11) is 0. The molecule has 27 heavy (non-hydrogen) atoms. The number of ketones is 1. The SMILES string of the molecule is Cc1ccc(C(=O)CCC(=O)N2CCC(NC(=O)C(C)(C)CCl)CC2)cc1. The van der Waals surface area contributed by atoms with E-state index in [1.54, 1.807) is 17.0 Å². The topological polar surface area (TPSA) is 66.5 Å². The highest BCUT2D eigenvalue weighted by Gasteiger charge is 2.30. The van der Waals surface area contributed by atoms with E-state index in [0.717, 1.165) is 18.4 Å². The largest absolute Gasteiger partial charge is 0.353 e. The molecule has 0 aromatic heterocycles. The molecule has 0 saturated carbocycles. The van der Waals surface area contributed by atoms with Crippen LogP contribution >= 0.6 is 11.6 Å². The fourth-order valence-corrected chi connectivity index (χ4v) is 3.10. The highest BCUT2D eigenvalue weighted by atomic mass is 35.5. The molecule has 0 aliphatic carbocycles. The molecule has 2 amide bonds. The third kappa shape index (κ3) is 6.06. The number of carbonyl (C=O) groups is 3. The van der Waals surface area contributed by atoms with Crippen molar-refractivity contribution in [3.05, 3.63) is 35.4 Å². The van der Waals surface area contributed by atoms with Crippen LogP contribution in [-0.2, 0) is 9.59 Å². The van der Waals surface area contributed by atoms with Gasteiger partial charge in [0.15, 0.2) is 5.78 Å². The van der Waals surface area contributed by atoms with Crippen molar-refractivity contribution in [2.45, 2.75) is 52.5 Å². The minimum Gasteiger partial charge on any atom is -0.353 e. The molecule has 1 aliphatic heterocycles. The minimum absolute atomic E-state index is 0.00123. The Morgan fingerprint density at radius 2 is 1.70 bits per heavy atom. The maximum Gasteiger partial charge on any atom is 0.227 e. The Labute approximate surface area is 166 Å². The van der Waals surface area contributed by atoms with Gasteiger partial charge in [0.05, 0.1) is 5.41 Å². The molecular formula is C21H29ClN2O3. The number of aryl methyl sites for hydroxylation is 1. The van der Waals surface area contributed by atoms with Crippen molar-refractivity contribution in [1.29, 1.82) is 0 Å². The van der Waals surface area contributed by atoms with Gasteiger partial charge in [-0.25, -0.2) is 0 Å². The molecule has 6 heteroatoms. The van der Waals surface area contributed by atoms with Gasteiger partial charge in [0.25, 0.3) is 0 Å². The Hall–Kier alpha value is -1.88. The number of alkyl halides is 1. The van der Waals surface area contributed by atoms with E-state index in [1.165, 1.54) is 0 Å². The molecule has 0 spiro atoms. The molecule has 5 nitrogen and oxygen atoms in total. The fraction of sp³-hybridized carbons (Fsp3) is 0.571. The van der Waals surface area contributed by atoms with Gasteiger partial charge in [-0.3, -0.25) is 14.4 Å². The van der Waals surface area contributed by atoms with Gasteiger partial charge < -0.3 is 10.2 Å². The molecule has 1 aromatic carbocycles. The zero-order valence-electron chi connectivity index (χ0n) is 16.4.